The van der Waals surface area contributed by atoms with E-state index in [1.54, 1.807) is 6.07 Å². The predicted molar refractivity (Wildman–Crippen MR) is 77.1 cm³/mol. The molecule has 0 amide bonds. The van der Waals surface area contributed by atoms with Crippen LogP contribution in [0.3, 0.4) is 0 Å². The van der Waals surface area contributed by atoms with Crippen LogP contribution in [0.4, 0.5) is 0 Å². The van der Waals surface area contributed by atoms with Crippen molar-refractivity contribution in [3.05, 3.63) is 47.0 Å². The lowest BCUT2D eigenvalue weighted by atomic mass is 9.94. The number of halogens is 1. The largest absolute Gasteiger partial charge is 0.520 e. The summed E-state index contributed by atoms with van der Waals surface area (Å²) in [5.41, 5.74) is 0.969. The highest BCUT2D eigenvalue weighted by Gasteiger charge is 2.19. The first-order chi connectivity index (χ1) is 8.87. The van der Waals surface area contributed by atoms with Crippen LogP contribution in [-0.4, -0.2) is 20.4 Å². The molecule has 0 fully saturated rings. The summed E-state index contributed by atoms with van der Waals surface area (Å²) in [5, 5.41) is 0.658. The average molecular weight is 300 g/mol. The van der Waals surface area contributed by atoms with Crippen molar-refractivity contribution in [3.8, 4) is 5.75 Å². The van der Waals surface area contributed by atoms with Crippen molar-refractivity contribution in [2.75, 3.05) is 12.0 Å². The van der Waals surface area contributed by atoms with Crippen molar-refractivity contribution in [3.63, 3.8) is 0 Å². The first-order valence-electron chi connectivity index (χ1n) is 6.07. The molecule has 0 aromatic heterocycles. The summed E-state index contributed by atoms with van der Waals surface area (Å²) in [4.78, 5) is 0. The van der Waals surface area contributed by atoms with E-state index in [4.69, 9.17) is 16.3 Å². The molecule has 0 radical (unpaired) electrons. The molecule has 1 aliphatic rings. The van der Waals surface area contributed by atoms with E-state index in [1.807, 2.05) is 12.1 Å². The number of ether oxygens (including phenoxy) is 1. The zero-order valence-corrected chi connectivity index (χ0v) is 12.4. The maximum Gasteiger partial charge on any atom is 0.147 e. The standard InChI is InChI=1S/C14H16ClO3S/c1-10-12(5-3-4-8-19(2,16)17)13-9-11(15)6-7-14(13)18-10/h6-7,9H,1,3-5,8H2,2H3/q-1. The summed E-state index contributed by atoms with van der Waals surface area (Å²) < 4.78 is 27.7. The van der Waals surface area contributed by atoms with Crippen LogP contribution >= 0.6 is 11.6 Å². The van der Waals surface area contributed by atoms with Gasteiger partial charge in [-0.05, 0) is 11.4 Å². The summed E-state index contributed by atoms with van der Waals surface area (Å²) >= 11 is 5.98. The number of fused-ring (bicyclic) bond motifs is 1. The van der Waals surface area contributed by atoms with Gasteiger partial charge in [-0.15, -0.1) is 12.6 Å². The Morgan fingerprint density at radius 2 is 2.11 bits per heavy atom. The molecule has 0 aliphatic carbocycles. The number of hydrogen-bond donors (Lipinski definition) is 0. The van der Waals surface area contributed by atoms with E-state index in [2.05, 4.69) is 6.58 Å². The molecule has 1 aromatic carbocycles. The summed E-state index contributed by atoms with van der Waals surface area (Å²) in [7, 11) is -2.88. The lowest BCUT2D eigenvalue weighted by Gasteiger charge is -2.17. The van der Waals surface area contributed by atoms with Crippen molar-refractivity contribution in [2.24, 2.45) is 0 Å². The summed E-state index contributed by atoms with van der Waals surface area (Å²) in [6.07, 6.45) is 3.44. The highest BCUT2D eigenvalue weighted by molar-refractivity contribution is 7.90. The normalized spacial score (nSPS) is 14.4. The average Bonchev–Trinajstić information content (AvgIpc) is 2.59. The number of allylic oxidation sites excluding steroid dienone is 1. The van der Waals surface area contributed by atoms with Gasteiger partial charge in [-0.25, -0.2) is 8.42 Å². The maximum atomic E-state index is 11.1. The fourth-order valence-corrected chi connectivity index (χ4v) is 3.01. The second kappa shape index (κ2) is 5.47. The van der Waals surface area contributed by atoms with Crippen LogP contribution in [0, 0.1) is 5.92 Å². The topological polar surface area (TPSA) is 43.4 Å². The Labute approximate surface area is 119 Å². The van der Waals surface area contributed by atoms with E-state index >= 15 is 0 Å². The molecular formula is C14H16ClO3S-. The molecular weight excluding hydrogens is 284 g/mol. The van der Waals surface area contributed by atoms with Gasteiger partial charge < -0.3 is 4.74 Å². The Balaban J connectivity index is 1.98. The van der Waals surface area contributed by atoms with Gasteiger partial charge in [0.2, 0.25) is 0 Å². The Kier molecular flexibility index (Phi) is 4.11. The quantitative estimate of drug-likeness (QED) is 0.618. The van der Waals surface area contributed by atoms with Crippen LogP contribution < -0.4 is 4.74 Å². The molecule has 5 heteroatoms. The van der Waals surface area contributed by atoms with E-state index in [0.717, 1.165) is 30.1 Å². The molecule has 104 valence electrons. The fraction of sp³-hybridized carbons (Fsp3) is 0.357. The number of hydrogen-bond acceptors (Lipinski definition) is 3. The minimum atomic E-state index is -2.88. The molecule has 1 heterocycles. The van der Waals surface area contributed by atoms with Gasteiger partial charge >= 0.3 is 0 Å². The summed E-state index contributed by atoms with van der Waals surface area (Å²) in [5.74, 6) is 2.64. The van der Waals surface area contributed by atoms with Crippen LogP contribution in [0.2, 0.25) is 5.02 Å². The number of sulfone groups is 1. The Morgan fingerprint density at radius 3 is 2.79 bits per heavy atom. The highest BCUT2D eigenvalue weighted by atomic mass is 35.5. The van der Waals surface area contributed by atoms with Gasteiger partial charge in [0.15, 0.2) is 0 Å². The van der Waals surface area contributed by atoms with Gasteiger partial charge in [0, 0.05) is 23.5 Å². The maximum absolute atomic E-state index is 11.1. The monoisotopic (exact) mass is 299 g/mol. The van der Waals surface area contributed by atoms with E-state index in [9.17, 15) is 8.42 Å². The minimum absolute atomic E-state index is 0.218. The van der Waals surface area contributed by atoms with Crippen LogP contribution in [0.15, 0.2) is 30.5 Å². The predicted octanol–water partition coefficient (Wildman–Crippen LogP) is 3.38. The summed E-state index contributed by atoms with van der Waals surface area (Å²) in [6, 6.07) is 5.47. The van der Waals surface area contributed by atoms with Crippen molar-refractivity contribution in [2.45, 2.75) is 19.3 Å². The number of rotatable bonds is 5. The van der Waals surface area contributed by atoms with Crippen molar-refractivity contribution in [1.82, 2.24) is 0 Å². The van der Waals surface area contributed by atoms with Crippen LogP contribution in [0.5, 0.6) is 5.75 Å². The van der Waals surface area contributed by atoms with Gasteiger partial charge in [-0.2, -0.15) is 0 Å². The van der Waals surface area contributed by atoms with E-state index in [-0.39, 0.29) is 5.75 Å². The molecule has 0 saturated carbocycles. The van der Waals surface area contributed by atoms with Crippen LogP contribution in [0.25, 0.3) is 0 Å². The Hall–Kier alpha value is -1.13. The lowest BCUT2D eigenvalue weighted by Crippen LogP contribution is -2.04. The van der Waals surface area contributed by atoms with Gasteiger partial charge in [0.25, 0.3) is 0 Å². The minimum Gasteiger partial charge on any atom is -0.520 e. The SMILES string of the molecule is C=C1Oc2ccc(Cl)cc2[C-]1CCCCS(C)(=O)=O. The van der Waals surface area contributed by atoms with Crippen molar-refractivity contribution >= 4 is 21.4 Å². The van der Waals surface area contributed by atoms with Gasteiger partial charge in [0.05, 0.1) is 0 Å². The van der Waals surface area contributed by atoms with E-state index in [0.29, 0.717) is 17.2 Å². The van der Waals surface area contributed by atoms with Gasteiger partial charge in [-0.3, -0.25) is 0 Å². The van der Waals surface area contributed by atoms with Gasteiger partial charge in [-0.1, -0.05) is 48.1 Å². The third-order valence-corrected chi connectivity index (χ3v) is 4.29. The molecule has 1 aliphatic heterocycles. The molecule has 0 bridgehead atoms. The summed E-state index contributed by atoms with van der Waals surface area (Å²) in [6.45, 7) is 3.89. The third kappa shape index (κ3) is 3.67. The van der Waals surface area contributed by atoms with Crippen LogP contribution in [-0.2, 0) is 9.84 Å². The molecule has 0 spiro atoms. The molecule has 0 N–H and O–H groups in total. The zero-order chi connectivity index (χ0) is 14.0. The number of unbranched alkanes of at least 4 members (excludes halogenated alkanes) is 1. The highest BCUT2D eigenvalue weighted by Crippen LogP contribution is 2.42. The number of benzene rings is 1. The Bertz CT molecular complexity index is 593. The molecule has 0 atom stereocenters. The van der Waals surface area contributed by atoms with Crippen molar-refractivity contribution in [1.29, 1.82) is 0 Å². The first-order valence-corrected chi connectivity index (χ1v) is 8.51. The smallest absolute Gasteiger partial charge is 0.147 e. The van der Waals surface area contributed by atoms with E-state index in [1.165, 1.54) is 6.26 Å². The fourth-order valence-electron chi connectivity index (χ4n) is 2.11. The van der Waals surface area contributed by atoms with Crippen molar-refractivity contribution < 1.29 is 13.2 Å². The molecule has 3 nitrogen and oxygen atoms in total. The lowest BCUT2D eigenvalue weighted by molar-refractivity contribution is 0.449. The second-order valence-electron chi connectivity index (χ2n) is 4.73. The zero-order valence-electron chi connectivity index (χ0n) is 10.8. The van der Waals surface area contributed by atoms with E-state index < -0.39 is 9.84 Å². The van der Waals surface area contributed by atoms with Crippen LogP contribution in [0.1, 0.15) is 24.8 Å². The first kappa shape index (κ1) is 14.3. The van der Waals surface area contributed by atoms with Gasteiger partial charge in [0.1, 0.15) is 9.84 Å². The third-order valence-electron chi connectivity index (χ3n) is 3.03. The molecule has 0 saturated heterocycles. The molecule has 1 aromatic rings. The molecule has 0 unspecified atom stereocenters. The second-order valence-corrected chi connectivity index (χ2v) is 7.43. The Morgan fingerprint density at radius 1 is 1.37 bits per heavy atom. The molecule has 19 heavy (non-hydrogen) atoms. The molecule has 2 rings (SSSR count).